The maximum Gasteiger partial charge on any atom is 0.220 e. The van der Waals surface area contributed by atoms with E-state index in [-0.39, 0.29) is 11.9 Å². The van der Waals surface area contributed by atoms with Gasteiger partial charge in [-0.1, -0.05) is 23.5 Å². The first-order valence-corrected chi connectivity index (χ1v) is 10.7. The Bertz CT molecular complexity index is 871. The van der Waals surface area contributed by atoms with Crippen LogP contribution in [0.1, 0.15) is 29.8 Å². The third kappa shape index (κ3) is 3.88. The third-order valence-electron chi connectivity index (χ3n) is 4.76. The molecule has 1 N–H and O–H groups in total. The molecule has 26 heavy (non-hydrogen) atoms. The van der Waals surface area contributed by atoms with Crippen molar-refractivity contribution in [3.05, 3.63) is 40.3 Å². The predicted molar refractivity (Wildman–Crippen MR) is 108 cm³/mol. The van der Waals surface area contributed by atoms with Crippen LogP contribution >= 0.6 is 22.7 Å². The smallest absolute Gasteiger partial charge is 0.220 e. The van der Waals surface area contributed by atoms with Gasteiger partial charge < -0.3 is 10.2 Å². The topological polar surface area (TPSA) is 58.1 Å². The Morgan fingerprint density at radius 1 is 1.38 bits per heavy atom. The van der Waals surface area contributed by atoms with E-state index in [9.17, 15) is 4.79 Å². The molecule has 4 rings (SSSR count). The van der Waals surface area contributed by atoms with Crippen molar-refractivity contribution in [2.45, 2.75) is 38.6 Å². The molecule has 0 radical (unpaired) electrons. The standard InChI is InChI=1S/C19H22N4OS2/c1-13-16(25-12-20-13)8-9-18(24)21-14-5-4-10-23(11-14)19-22-15-6-2-3-7-17(15)26-19/h2-3,6-7,12,14H,4-5,8-11H2,1H3,(H,21,24)/t14-/m0/s1. The van der Waals surface area contributed by atoms with Crippen LogP contribution in [0.4, 0.5) is 5.13 Å². The Balaban J connectivity index is 1.34. The second-order valence-electron chi connectivity index (χ2n) is 6.68. The lowest BCUT2D eigenvalue weighted by atomic mass is 10.1. The Morgan fingerprint density at radius 2 is 2.27 bits per heavy atom. The molecule has 1 aliphatic heterocycles. The molecule has 5 nitrogen and oxygen atoms in total. The largest absolute Gasteiger partial charge is 0.352 e. The lowest BCUT2D eigenvalue weighted by Gasteiger charge is -2.33. The van der Waals surface area contributed by atoms with Crippen molar-refractivity contribution in [1.82, 2.24) is 15.3 Å². The van der Waals surface area contributed by atoms with Crippen LogP contribution in [0.2, 0.25) is 0 Å². The number of nitrogens with zero attached hydrogens (tertiary/aromatic N) is 3. The molecule has 3 aromatic rings. The SMILES string of the molecule is Cc1ncsc1CCC(=O)N[C@H]1CCCN(c2nc3ccccc3s2)C1. The lowest BCUT2D eigenvalue weighted by molar-refractivity contribution is -0.121. The maximum absolute atomic E-state index is 12.3. The Hall–Kier alpha value is -1.99. The second kappa shape index (κ2) is 7.72. The van der Waals surface area contributed by atoms with E-state index in [4.69, 9.17) is 4.98 Å². The Morgan fingerprint density at radius 3 is 3.08 bits per heavy atom. The van der Waals surface area contributed by atoms with Gasteiger partial charge in [0.05, 0.1) is 21.4 Å². The molecule has 1 atom stereocenters. The minimum atomic E-state index is 0.133. The zero-order valence-electron chi connectivity index (χ0n) is 14.8. The van der Waals surface area contributed by atoms with Crippen molar-refractivity contribution in [1.29, 1.82) is 0 Å². The number of thiazole rings is 2. The second-order valence-corrected chi connectivity index (χ2v) is 8.63. The number of fused-ring (bicyclic) bond motifs is 1. The highest BCUT2D eigenvalue weighted by atomic mass is 32.1. The van der Waals surface area contributed by atoms with Crippen LogP contribution in [0.15, 0.2) is 29.8 Å². The van der Waals surface area contributed by atoms with Gasteiger partial charge in [-0.3, -0.25) is 4.79 Å². The fraction of sp³-hybridized carbons (Fsp3) is 0.421. The molecule has 2 aromatic heterocycles. The van der Waals surface area contributed by atoms with Gasteiger partial charge in [0.1, 0.15) is 0 Å². The summed E-state index contributed by atoms with van der Waals surface area (Å²) < 4.78 is 1.22. The third-order valence-corrected chi connectivity index (χ3v) is 6.86. The summed E-state index contributed by atoms with van der Waals surface area (Å²) in [5.74, 6) is 0.133. The molecule has 0 aliphatic carbocycles. The van der Waals surface area contributed by atoms with Crippen LogP contribution in [0.5, 0.6) is 0 Å². The summed E-state index contributed by atoms with van der Waals surface area (Å²) in [6.07, 6.45) is 3.42. The number of benzene rings is 1. The highest BCUT2D eigenvalue weighted by Crippen LogP contribution is 2.30. The normalized spacial score (nSPS) is 17.6. The molecular weight excluding hydrogens is 364 g/mol. The van der Waals surface area contributed by atoms with Crippen molar-refractivity contribution < 1.29 is 4.79 Å². The number of anilines is 1. The van der Waals surface area contributed by atoms with Gasteiger partial charge in [0, 0.05) is 30.4 Å². The summed E-state index contributed by atoms with van der Waals surface area (Å²) in [5, 5.41) is 4.28. The maximum atomic E-state index is 12.3. The highest BCUT2D eigenvalue weighted by molar-refractivity contribution is 7.22. The molecule has 3 heterocycles. The highest BCUT2D eigenvalue weighted by Gasteiger charge is 2.23. The van der Waals surface area contributed by atoms with Gasteiger partial charge in [-0.15, -0.1) is 11.3 Å². The van der Waals surface area contributed by atoms with Gasteiger partial charge >= 0.3 is 0 Å². The number of piperidine rings is 1. The molecule has 7 heteroatoms. The summed E-state index contributed by atoms with van der Waals surface area (Å²) in [5.41, 5.74) is 3.95. The zero-order valence-corrected chi connectivity index (χ0v) is 16.4. The molecule has 1 aromatic carbocycles. The molecule has 0 spiro atoms. The molecular formula is C19H22N4OS2. The summed E-state index contributed by atoms with van der Waals surface area (Å²) in [4.78, 5) is 24.9. The minimum absolute atomic E-state index is 0.133. The molecule has 1 aliphatic rings. The van der Waals surface area contributed by atoms with E-state index < -0.39 is 0 Å². The van der Waals surface area contributed by atoms with Crippen molar-refractivity contribution in [2.75, 3.05) is 18.0 Å². The number of aromatic nitrogens is 2. The number of hydrogen-bond acceptors (Lipinski definition) is 6. The van der Waals surface area contributed by atoms with Gasteiger partial charge in [0.15, 0.2) is 5.13 Å². The first-order chi connectivity index (χ1) is 12.7. The molecule has 136 valence electrons. The van der Waals surface area contributed by atoms with E-state index >= 15 is 0 Å². The van der Waals surface area contributed by atoms with Gasteiger partial charge in [-0.25, -0.2) is 9.97 Å². The molecule has 1 saturated heterocycles. The molecule has 0 saturated carbocycles. The first kappa shape index (κ1) is 17.4. The summed E-state index contributed by atoms with van der Waals surface area (Å²) in [7, 11) is 0. The van der Waals surface area contributed by atoms with Crippen molar-refractivity contribution in [3.63, 3.8) is 0 Å². The average molecular weight is 387 g/mol. The van der Waals surface area contributed by atoms with Gasteiger partial charge in [-0.2, -0.15) is 0 Å². The van der Waals surface area contributed by atoms with E-state index in [2.05, 4.69) is 27.3 Å². The van der Waals surface area contributed by atoms with E-state index in [1.807, 2.05) is 24.6 Å². The summed E-state index contributed by atoms with van der Waals surface area (Å²) >= 11 is 3.36. The number of para-hydroxylation sites is 1. The monoisotopic (exact) mass is 386 g/mol. The fourth-order valence-electron chi connectivity index (χ4n) is 3.36. The summed E-state index contributed by atoms with van der Waals surface area (Å²) in [6.45, 7) is 3.85. The molecule has 1 amide bonds. The number of nitrogens with one attached hydrogen (secondary N) is 1. The van der Waals surface area contributed by atoms with Crippen molar-refractivity contribution in [2.24, 2.45) is 0 Å². The van der Waals surface area contributed by atoms with Crippen LogP contribution in [-0.4, -0.2) is 35.0 Å². The van der Waals surface area contributed by atoms with Crippen LogP contribution in [0, 0.1) is 6.92 Å². The Labute approximate surface area is 161 Å². The predicted octanol–water partition coefficient (Wildman–Crippen LogP) is 3.78. The first-order valence-electron chi connectivity index (χ1n) is 8.98. The number of aryl methyl sites for hydroxylation is 2. The lowest BCUT2D eigenvalue weighted by Crippen LogP contribution is -2.47. The van der Waals surface area contributed by atoms with Gasteiger partial charge in [0.25, 0.3) is 0 Å². The van der Waals surface area contributed by atoms with E-state index in [1.165, 1.54) is 9.58 Å². The van der Waals surface area contributed by atoms with Crippen molar-refractivity contribution in [3.8, 4) is 0 Å². The molecule has 0 unspecified atom stereocenters. The number of amides is 1. The zero-order chi connectivity index (χ0) is 17.9. The average Bonchev–Trinajstić information content (AvgIpc) is 3.26. The van der Waals surface area contributed by atoms with Gasteiger partial charge in [-0.05, 0) is 38.3 Å². The minimum Gasteiger partial charge on any atom is -0.352 e. The van der Waals surface area contributed by atoms with Crippen molar-refractivity contribution >= 4 is 43.9 Å². The fourth-order valence-corrected chi connectivity index (χ4v) is 5.14. The quantitative estimate of drug-likeness (QED) is 0.725. The van der Waals surface area contributed by atoms with Crippen LogP contribution in [-0.2, 0) is 11.2 Å². The number of carbonyl (C=O) groups is 1. The summed E-state index contributed by atoms with van der Waals surface area (Å²) in [6, 6.07) is 8.44. The van der Waals surface area contributed by atoms with Gasteiger partial charge in [0.2, 0.25) is 5.91 Å². The molecule has 0 bridgehead atoms. The Kier molecular flexibility index (Phi) is 5.17. The van der Waals surface area contributed by atoms with Crippen LogP contribution in [0.3, 0.4) is 0 Å². The number of carbonyl (C=O) groups excluding carboxylic acids is 1. The number of rotatable bonds is 5. The van der Waals surface area contributed by atoms with E-state index in [1.54, 1.807) is 22.7 Å². The molecule has 1 fully saturated rings. The van der Waals surface area contributed by atoms with Crippen LogP contribution in [0.25, 0.3) is 10.2 Å². The van der Waals surface area contributed by atoms with E-state index in [0.717, 1.165) is 48.7 Å². The number of hydrogen-bond donors (Lipinski definition) is 1. The van der Waals surface area contributed by atoms with Crippen LogP contribution < -0.4 is 10.2 Å². The van der Waals surface area contributed by atoms with E-state index in [0.29, 0.717) is 6.42 Å².